The smallest absolute Gasteiger partial charge is 0.256 e. The minimum Gasteiger partial charge on any atom is -0.497 e. The minimum atomic E-state index is -1.01. The number of amides is 3. The number of pyridine rings is 1. The average Bonchev–Trinajstić information content (AvgIpc) is 3.38. The number of methoxy groups -OCH3 is 2. The van der Waals surface area contributed by atoms with Crippen molar-refractivity contribution < 1.29 is 28.6 Å². The predicted octanol–water partition coefficient (Wildman–Crippen LogP) is 2.89. The molecule has 0 saturated carbocycles. The molecule has 2 fully saturated rings. The number of hydrogen-bond acceptors (Lipinski definition) is 7. The lowest BCUT2D eigenvalue weighted by atomic mass is 9.96. The highest BCUT2D eigenvalue weighted by atomic mass is 16.5. The Hall–Kier alpha value is -4.44. The molecular formula is C30H32N4O6. The largest absolute Gasteiger partial charge is 0.497 e. The molecule has 2 aromatic carbocycles. The Balaban J connectivity index is 1.35. The van der Waals surface area contributed by atoms with Crippen LogP contribution in [0.1, 0.15) is 39.1 Å². The number of benzene rings is 2. The number of carbonyl (C=O) groups is 3. The lowest BCUT2D eigenvalue weighted by Crippen LogP contribution is -2.59. The maximum Gasteiger partial charge on any atom is 0.256 e. The van der Waals surface area contributed by atoms with Crippen molar-refractivity contribution in [3.8, 4) is 11.5 Å². The predicted molar refractivity (Wildman–Crippen MR) is 146 cm³/mol. The normalized spacial score (nSPS) is 17.9. The maximum absolute atomic E-state index is 13.9. The third-order valence-electron chi connectivity index (χ3n) is 7.50. The fraction of sp³-hybridized carbons (Fsp3) is 0.333. The van der Waals surface area contributed by atoms with Crippen LogP contribution < -0.4 is 14.8 Å². The molecule has 1 atom stereocenters. The number of carbonyl (C=O) groups excluding carboxylic acids is 3. The van der Waals surface area contributed by atoms with Gasteiger partial charge in [-0.1, -0.05) is 0 Å². The van der Waals surface area contributed by atoms with Crippen LogP contribution in [-0.2, 0) is 16.1 Å². The van der Waals surface area contributed by atoms with Crippen LogP contribution in [-0.4, -0.2) is 78.2 Å². The van der Waals surface area contributed by atoms with Crippen molar-refractivity contribution in [2.24, 2.45) is 0 Å². The Labute approximate surface area is 232 Å². The van der Waals surface area contributed by atoms with Crippen LogP contribution in [0, 0.1) is 0 Å². The SMILES string of the molecule is COc1ccc(C(=O)N2CCC3(CC2)OC[C@@H](C(=O)NCc2ccncc2)N3C(=O)c2ccc(OC)cc2)cc1. The van der Waals surface area contributed by atoms with Gasteiger partial charge in [0.25, 0.3) is 11.8 Å². The highest BCUT2D eigenvalue weighted by Gasteiger charge is 2.54. The number of piperidine rings is 1. The Bertz CT molecular complexity index is 1340. The van der Waals surface area contributed by atoms with E-state index in [0.717, 1.165) is 5.56 Å². The molecule has 0 aliphatic carbocycles. The van der Waals surface area contributed by atoms with Crippen LogP contribution in [0.15, 0.2) is 73.1 Å². The fourth-order valence-electron chi connectivity index (χ4n) is 5.22. The van der Waals surface area contributed by atoms with Gasteiger partial charge in [0.2, 0.25) is 5.91 Å². The quantitative estimate of drug-likeness (QED) is 0.487. The van der Waals surface area contributed by atoms with Crippen molar-refractivity contribution in [3.05, 3.63) is 89.7 Å². The van der Waals surface area contributed by atoms with E-state index < -0.39 is 11.8 Å². The summed E-state index contributed by atoms with van der Waals surface area (Å²) in [5, 5.41) is 2.94. The number of ether oxygens (including phenoxy) is 3. The van der Waals surface area contributed by atoms with Crippen LogP contribution in [0.3, 0.4) is 0 Å². The summed E-state index contributed by atoms with van der Waals surface area (Å²) >= 11 is 0. The molecule has 0 unspecified atom stereocenters. The van der Waals surface area contributed by atoms with Crippen LogP contribution in [0.4, 0.5) is 0 Å². The van der Waals surface area contributed by atoms with Crippen LogP contribution in [0.5, 0.6) is 11.5 Å². The molecular weight excluding hydrogens is 512 g/mol. The standard InChI is InChI=1S/C30H32N4O6/c1-38-24-7-3-22(4-8-24)28(36)33-17-13-30(14-18-33)34(29(37)23-5-9-25(39-2)10-6-23)26(20-40-30)27(35)32-19-21-11-15-31-16-12-21/h3-12,15-16,26H,13-14,17-20H2,1-2H3,(H,32,35)/t26-/m0/s1. The summed E-state index contributed by atoms with van der Waals surface area (Å²) in [5.74, 6) is 0.594. The molecule has 2 aliphatic rings. The zero-order valence-electron chi connectivity index (χ0n) is 22.5. The number of nitrogens with zero attached hydrogens (tertiary/aromatic N) is 3. The molecule has 0 bridgehead atoms. The summed E-state index contributed by atoms with van der Waals surface area (Å²) < 4.78 is 16.7. The molecule has 3 amide bonds. The Morgan fingerprint density at radius 3 is 1.98 bits per heavy atom. The Kier molecular flexibility index (Phi) is 7.97. The van der Waals surface area contributed by atoms with Gasteiger partial charge in [-0.05, 0) is 66.2 Å². The van der Waals surface area contributed by atoms with Gasteiger partial charge in [-0.25, -0.2) is 0 Å². The van der Waals surface area contributed by atoms with Crippen LogP contribution >= 0.6 is 0 Å². The van der Waals surface area contributed by atoms with Gasteiger partial charge in [-0.3, -0.25) is 24.3 Å². The summed E-state index contributed by atoms with van der Waals surface area (Å²) in [6.45, 7) is 1.13. The summed E-state index contributed by atoms with van der Waals surface area (Å²) in [5.41, 5.74) is 0.875. The lowest BCUT2D eigenvalue weighted by molar-refractivity contribution is -0.128. The first-order chi connectivity index (χ1) is 19.4. The topological polar surface area (TPSA) is 110 Å². The zero-order valence-corrected chi connectivity index (χ0v) is 22.5. The Morgan fingerprint density at radius 2 is 1.43 bits per heavy atom. The molecule has 1 N–H and O–H groups in total. The van der Waals surface area contributed by atoms with Crippen LogP contribution in [0.25, 0.3) is 0 Å². The average molecular weight is 545 g/mol. The molecule has 2 aliphatic heterocycles. The third kappa shape index (κ3) is 5.48. The number of aromatic nitrogens is 1. The second-order valence-electron chi connectivity index (χ2n) is 9.77. The van der Waals surface area contributed by atoms with Gasteiger partial charge in [0.05, 0.1) is 20.8 Å². The van der Waals surface area contributed by atoms with Gasteiger partial charge in [0.1, 0.15) is 23.3 Å². The molecule has 2 saturated heterocycles. The second kappa shape index (κ2) is 11.7. The zero-order chi connectivity index (χ0) is 28.1. The highest BCUT2D eigenvalue weighted by molar-refractivity contribution is 5.99. The van der Waals surface area contributed by atoms with Crippen molar-refractivity contribution in [2.75, 3.05) is 33.9 Å². The van der Waals surface area contributed by atoms with E-state index in [1.54, 1.807) is 84.9 Å². The van der Waals surface area contributed by atoms with E-state index in [0.29, 0.717) is 55.1 Å². The third-order valence-corrected chi connectivity index (χ3v) is 7.50. The first kappa shape index (κ1) is 27.1. The first-order valence-electron chi connectivity index (χ1n) is 13.2. The van der Waals surface area contributed by atoms with E-state index in [1.807, 2.05) is 12.1 Å². The van der Waals surface area contributed by atoms with Crippen molar-refractivity contribution in [1.29, 1.82) is 0 Å². The number of nitrogens with one attached hydrogen (secondary N) is 1. The molecule has 3 heterocycles. The molecule has 1 aromatic heterocycles. The molecule has 208 valence electrons. The summed E-state index contributed by atoms with van der Waals surface area (Å²) in [6.07, 6.45) is 4.08. The minimum absolute atomic E-state index is 0.0660. The summed E-state index contributed by atoms with van der Waals surface area (Å²) in [4.78, 5) is 47.8. The molecule has 10 nitrogen and oxygen atoms in total. The van der Waals surface area contributed by atoms with Crippen molar-refractivity contribution in [1.82, 2.24) is 20.1 Å². The maximum atomic E-state index is 13.9. The van der Waals surface area contributed by atoms with Gasteiger partial charge in [-0.15, -0.1) is 0 Å². The van der Waals surface area contributed by atoms with Crippen molar-refractivity contribution in [3.63, 3.8) is 0 Å². The first-order valence-corrected chi connectivity index (χ1v) is 13.2. The van der Waals surface area contributed by atoms with E-state index in [1.165, 1.54) is 0 Å². The molecule has 5 rings (SSSR count). The van der Waals surface area contributed by atoms with E-state index in [9.17, 15) is 14.4 Å². The van der Waals surface area contributed by atoms with Gasteiger partial charge >= 0.3 is 0 Å². The molecule has 40 heavy (non-hydrogen) atoms. The highest BCUT2D eigenvalue weighted by Crippen LogP contribution is 2.39. The molecule has 1 spiro atoms. The second-order valence-corrected chi connectivity index (χ2v) is 9.77. The Morgan fingerprint density at radius 1 is 0.875 bits per heavy atom. The van der Waals surface area contributed by atoms with E-state index in [4.69, 9.17) is 14.2 Å². The van der Waals surface area contributed by atoms with E-state index in [-0.39, 0.29) is 24.3 Å². The molecule has 3 aromatic rings. The number of hydrogen-bond donors (Lipinski definition) is 1. The van der Waals surface area contributed by atoms with Crippen LogP contribution in [0.2, 0.25) is 0 Å². The van der Waals surface area contributed by atoms with Gasteiger partial charge in [0.15, 0.2) is 0 Å². The van der Waals surface area contributed by atoms with E-state index >= 15 is 0 Å². The fourth-order valence-corrected chi connectivity index (χ4v) is 5.22. The van der Waals surface area contributed by atoms with Gasteiger partial charge in [0, 0.05) is 56.0 Å². The van der Waals surface area contributed by atoms with Crippen molar-refractivity contribution >= 4 is 17.7 Å². The van der Waals surface area contributed by atoms with Crippen molar-refractivity contribution in [2.45, 2.75) is 31.2 Å². The molecule has 0 radical (unpaired) electrons. The number of rotatable bonds is 7. The van der Waals surface area contributed by atoms with Gasteiger partial charge < -0.3 is 24.4 Å². The summed E-state index contributed by atoms with van der Waals surface area (Å²) in [6, 6.07) is 16.6. The molecule has 10 heteroatoms. The van der Waals surface area contributed by atoms with E-state index in [2.05, 4.69) is 10.3 Å². The monoisotopic (exact) mass is 544 g/mol. The number of likely N-dealkylation sites (tertiary alicyclic amines) is 1. The lowest BCUT2D eigenvalue weighted by Gasteiger charge is -2.44. The summed E-state index contributed by atoms with van der Waals surface area (Å²) in [7, 11) is 3.14. The van der Waals surface area contributed by atoms with Gasteiger partial charge in [-0.2, -0.15) is 0 Å².